The summed E-state index contributed by atoms with van der Waals surface area (Å²) in [6.07, 6.45) is 0. The van der Waals surface area contributed by atoms with Crippen LogP contribution in [0, 0.1) is 57.0 Å². The van der Waals surface area contributed by atoms with E-state index in [2.05, 4.69) is 10.1 Å². The van der Waals surface area contributed by atoms with E-state index in [9.17, 15) is 39.9 Å². The Morgan fingerprint density at radius 3 is 1.94 bits per heavy atom. The van der Waals surface area contributed by atoms with Crippen LogP contribution in [0.2, 0.25) is 0 Å². The number of benzene rings is 3. The standard InChI is InChI=1S/C20H8F8INO2/c1-6-4-7(29)2-3-10(6)30-18-8(5-9(21)11(22)15(18)26)20(31)32-19-16(27)13(24)12(23)14(25)17(19)28/h2-5,30H,1H3. The maximum atomic E-state index is 14.5. The zero-order valence-corrected chi connectivity index (χ0v) is 17.7. The van der Waals surface area contributed by atoms with Crippen LogP contribution in [0.4, 0.5) is 46.5 Å². The van der Waals surface area contributed by atoms with Crippen LogP contribution >= 0.6 is 22.6 Å². The van der Waals surface area contributed by atoms with E-state index >= 15 is 0 Å². The minimum Gasteiger partial charge on any atom is -0.416 e. The second-order valence-electron chi connectivity index (χ2n) is 6.28. The lowest BCUT2D eigenvalue weighted by Crippen LogP contribution is -2.17. The van der Waals surface area contributed by atoms with Crippen LogP contribution in [0.15, 0.2) is 24.3 Å². The zero-order chi connectivity index (χ0) is 23.9. The number of carbonyl (C=O) groups is 1. The molecule has 3 aromatic rings. The van der Waals surface area contributed by atoms with Gasteiger partial charge in [0.1, 0.15) is 0 Å². The first-order chi connectivity index (χ1) is 14.9. The number of aryl methyl sites for hydroxylation is 1. The summed E-state index contributed by atoms with van der Waals surface area (Å²) >= 11 is 1.97. The molecule has 0 bridgehead atoms. The Bertz CT molecular complexity index is 1240. The molecule has 0 heterocycles. The maximum Gasteiger partial charge on any atom is 0.346 e. The number of esters is 1. The molecule has 3 rings (SSSR count). The largest absolute Gasteiger partial charge is 0.416 e. The predicted octanol–water partition coefficient (Wildman–Crippen LogP) is 6.68. The monoisotopic (exact) mass is 573 g/mol. The van der Waals surface area contributed by atoms with Gasteiger partial charge in [-0.05, 0) is 59.3 Å². The van der Waals surface area contributed by atoms with E-state index in [1.54, 1.807) is 19.1 Å². The van der Waals surface area contributed by atoms with Crippen LogP contribution in [0.25, 0.3) is 0 Å². The molecule has 0 aromatic heterocycles. The molecule has 12 heteroatoms. The molecule has 0 aliphatic rings. The molecule has 0 aliphatic heterocycles. The molecule has 0 radical (unpaired) electrons. The first-order valence-corrected chi connectivity index (χ1v) is 9.46. The SMILES string of the molecule is Cc1cc(I)ccc1Nc1c(C(=O)Oc2c(F)c(F)c(F)c(F)c2F)cc(F)c(F)c1F. The first kappa shape index (κ1) is 23.8. The van der Waals surface area contributed by atoms with Gasteiger partial charge < -0.3 is 10.1 Å². The van der Waals surface area contributed by atoms with Crippen molar-refractivity contribution < 1.29 is 44.7 Å². The Balaban J connectivity index is 2.11. The minimum atomic E-state index is -2.50. The van der Waals surface area contributed by atoms with Gasteiger partial charge in [-0.25, -0.2) is 31.1 Å². The van der Waals surface area contributed by atoms with Gasteiger partial charge in [0.2, 0.25) is 34.8 Å². The average Bonchev–Trinajstić information content (AvgIpc) is 2.75. The van der Waals surface area contributed by atoms with E-state index < -0.39 is 69.5 Å². The second kappa shape index (κ2) is 8.92. The first-order valence-electron chi connectivity index (χ1n) is 8.38. The molecular weight excluding hydrogens is 565 g/mol. The van der Waals surface area contributed by atoms with Gasteiger partial charge >= 0.3 is 5.97 Å². The molecule has 0 amide bonds. The summed E-state index contributed by atoms with van der Waals surface area (Å²) in [5.74, 6) is -21.9. The van der Waals surface area contributed by atoms with Gasteiger partial charge in [0.25, 0.3) is 0 Å². The van der Waals surface area contributed by atoms with E-state index in [-0.39, 0.29) is 11.8 Å². The third-order valence-corrected chi connectivity index (χ3v) is 4.87. The number of ether oxygens (including phenoxy) is 1. The van der Waals surface area contributed by atoms with E-state index in [0.717, 1.165) is 3.57 Å². The van der Waals surface area contributed by atoms with E-state index in [0.29, 0.717) is 5.56 Å². The third-order valence-electron chi connectivity index (χ3n) is 4.19. The molecule has 0 atom stereocenters. The van der Waals surface area contributed by atoms with Crippen LogP contribution in [-0.2, 0) is 0 Å². The Morgan fingerprint density at radius 1 is 0.812 bits per heavy atom. The second-order valence-corrected chi connectivity index (χ2v) is 7.53. The number of hydrogen-bond donors (Lipinski definition) is 1. The molecule has 3 nitrogen and oxygen atoms in total. The molecule has 1 N–H and O–H groups in total. The Labute approximate surface area is 188 Å². The van der Waals surface area contributed by atoms with Crippen molar-refractivity contribution >= 4 is 39.9 Å². The summed E-state index contributed by atoms with van der Waals surface area (Å²) in [7, 11) is 0. The fraction of sp³-hybridized carbons (Fsp3) is 0.0500. The van der Waals surface area contributed by atoms with Gasteiger partial charge in [-0.1, -0.05) is 0 Å². The van der Waals surface area contributed by atoms with Crippen molar-refractivity contribution in [2.45, 2.75) is 6.92 Å². The summed E-state index contributed by atoms with van der Waals surface area (Å²) in [6, 6.07) is 4.74. The summed E-state index contributed by atoms with van der Waals surface area (Å²) in [4.78, 5) is 12.4. The molecule has 168 valence electrons. The van der Waals surface area contributed by atoms with Crippen LogP contribution in [-0.4, -0.2) is 5.97 Å². The van der Waals surface area contributed by atoms with Crippen LogP contribution in [0.1, 0.15) is 15.9 Å². The number of hydrogen-bond acceptors (Lipinski definition) is 3. The van der Waals surface area contributed by atoms with Crippen molar-refractivity contribution in [1.82, 2.24) is 0 Å². The molecule has 0 saturated heterocycles. The average molecular weight is 573 g/mol. The van der Waals surface area contributed by atoms with Crippen molar-refractivity contribution in [3.63, 3.8) is 0 Å². The van der Waals surface area contributed by atoms with Gasteiger partial charge in [0.05, 0.1) is 11.3 Å². The molecule has 0 aliphatic carbocycles. The van der Waals surface area contributed by atoms with Crippen molar-refractivity contribution in [2.24, 2.45) is 0 Å². The van der Waals surface area contributed by atoms with Gasteiger partial charge in [-0.3, -0.25) is 0 Å². The highest BCUT2D eigenvalue weighted by Crippen LogP contribution is 2.33. The molecule has 32 heavy (non-hydrogen) atoms. The van der Waals surface area contributed by atoms with Crippen LogP contribution in [0.5, 0.6) is 5.75 Å². The lowest BCUT2D eigenvalue weighted by Gasteiger charge is -2.16. The van der Waals surface area contributed by atoms with Gasteiger partial charge in [0, 0.05) is 9.26 Å². The zero-order valence-electron chi connectivity index (χ0n) is 15.5. The molecule has 0 spiro atoms. The fourth-order valence-electron chi connectivity index (χ4n) is 2.60. The topological polar surface area (TPSA) is 38.3 Å². The number of rotatable bonds is 4. The molecule has 0 fully saturated rings. The third kappa shape index (κ3) is 4.23. The van der Waals surface area contributed by atoms with E-state index in [1.807, 2.05) is 22.6 Å². The summed E-state index contributed by atoms with van der Waals surface area (Å²) in [5, 5.41) is 2.35. The summed E-state index contributed by atoms with van der Waals surface area (Å²) in [6.45, 7) is 1.56. The molecular formula is C20H8F8INO2. The molecule has 3 aromatic carbocycles. The van der Waals surface area contributed by atoms with Crippen LogP contribution < -0.4 is 10.1 Å². The molecule has 0 unspecified atom stereocenters. The van der Waals surface area contributed by atoms with Crippen LogP contribution in [0.3, 0.4) is 0 Å². The van der Waals surface area contributed by atoms with Crippen molar-refractivity contribution in [3.8, 4) is 5.75 Å². The van der Waals surface area contributed by atoms with Crippen molar-refractivity contribution in [1.29, 1.82) is 0 Å². The number of halogens is 9. The smallest absolute Gasteiger partial charge is 0.346 e. The summed E-state index contributed by atoms with van der Waals surface area (Å²) in [5.41, 5.74) is -1.47. The highest BCUT2D eigenvalue weighted by atomic mass is 127. The predicted molar refractivity (Wildman–Crippen MR) is 105 cm³/mol. The van der Waals surface area contributed by atoms with Gasteiger partial charge in [-0.2, -0.15) is 8.78 Å². The van der Waals surface area contributed by atoms with Crippen molar-refractivity contribution in [3.05, 3.63) is 85.5 Å². The lowest BCUT2D eigenvalue weighted by molar-refractivity contribution is 0.0716. The lowest BCUT2D eigenvalue weighted by atomic mass is 10.1. The quantitative estimate of drug-likeness (QED) is 0.0947. The Morgan fingerprint density at radius 2 is 1.38 bits per heavy atom. The number of nitrogens with one attached hydrogen (secondary N) is 1. The minimum absolute atomic E-state index is 0.139. The molecule has 0 saturated carbocycles. The maximum absolute atomic E-state index is 14.5. The van der Waals surface area contributed by atoms with E-state index in [4.69, 9.17) is 0 Å². The van der Waals surface area contributed by atoms with Gasteiger partial charge in [0.15, 0.2) is 17.5 Å². The van der Waals surface area contributed by atoms with Crippen molar-refractivity contribution in [2.75, 3.05) is 5.32 Å². The van der Waals surface area contributed by atoms with Gasteiger partial charge in [-0.15, -0.1) is 0 Å². The Hall–Kier alpha value is -2.90. The highest BCUT2D eigenvalue weighted by molar-refractivity contribution is 14.1. The summed E-state index contributed by atoms with van der Waals surface area (Å²) < 4.78 is 114. The normalized spacial score (nSPS) is 10.9. The number of carbonyl (C=O) groups excluding carboxylic acids is 1. The fourth-order valence-corrected chi connectivity index (χ4v) is 3.25. The Kier molecular flexibility index (Phi) is 6.62. The highest BCUT2D eigenvalue weighted by Gasteiger charge is 2.31. The number of anilines is 2. The van der Waals surface area contributed by atoms with E-state index in [1.165, 1.54) is 6.07 Å².